The smallest absolute Gasteiger partial charge is 0.126 e. The van der Waals surface area contributed by atoms with E-state index in [4.69, 9.17) is 0 Å². The molecule has 0 bridgehead atoms. The first kappa shape index (κ1) is 11.5. The zero-order valence-corrected chi connectivity index (χ0v) is 9.00. The largest absolute Gasteiger partial charge is 0.392 e. The van der Waals surface area contributed by atoms with Crippen LogP contribution in [0.1, 0.15) is 18.4 Å². The minimum Gasteiger partial charge on any atom is -0.392 e. The summed E-state index contributed by atoms with van der Waals surface area (Å²) in [4.78, 5) is 2.02. The number of benzene rings is 1. The third-order valence-electron chi connectivity index (χ3n) is 2.81. The van der Waals surface area contributed by atoms with Crippen LogP contribution >= 0.6 is 0 Å². The number of nitrogens with zero attached hydrogens (tertiary/aromatic N) is 1. The molecule has 1 fully saturated rings. The summed E-state index contributed by atoms with van der Waals surface area (Å²) in [6.07, 6.45) is 1.43. The van der Waals surface area contributed by atoms with Gasteiger partial charge in [0.15, 0.2) is 0 Å². The summed E-state index contributed by atoms with van der Waals surface area (Å²) in [6, 6.07) is 3.54. The van der Waals surface area contributed by atoms with E-state index in [0.717, 1.165) is 25.5 Å². The van der Waals surface area contributed by atoms with Crippen LogP contribution in [0.2, 0.25) is 0 Å². The van der Waals surface area contributed by atoms with Crippen molar-refractivity contribution in [1.29, 1.82) is 0 Å². The van der Waals surface area contributed by atoms with Gasteiger partial charge in [-0.1, -0.05) is 0 Å². The Kier molecular flexibility index (Phi) is 3.51. The van der Waals surface area contributed by atoms with E-state index in [2.05, 4.69) is 0 Å². The van der Waals surface area contributed by atoms with Crippen molar-refractivity contribution < 1.29 is 13.9 Å². The van der Waals surface area contributed by atoms with Gasteiger partial charge in [0.05, 0.1) is 6.10 Å². The second-order valence-corrected chi connectivity index (χ2v) is 4.31. The van der Waals surface area contributed by atoms with E-state index in [9.17, 15) is 13.9 Å². The molecule has 1 aromatic carbocycles. The summed E-state index contributed by atoms with van der Waals surface area (Å²) in [6.45, 7) is 1.94. The highest BCUT2D eigenvalue weighted by atomic mass is 19.1. The maximum Gasteiger partial charge on any atom is 0.126 e. The number of aliphatic hydroxyl groups is 1. The molecule has 0 unspecified atom stereocenters. The molecule has 1 aliphatic rings. The Hall–Kier alpha value is -1.00. The Bertz CT molecular complexity index is 350. The molecule has 1 N–H and O–H groups in total. The molecule has 1 heterocycles. The summed E-state index contributed by atoms with van der Waals surface area (Å²) in [7, 11) is 0. The molecule has 0 amide bonds. The van der Waals surface area contributed by atoms with Crippen LogP contribution in [0.4, 0.5) is 8.78 Å². The average molecular weight is 227 g/mol. The van der Waals surface area contributed by atoms with E-state index >= 15 is 0 Å². The molecule has 1 aromatic rings. The summed E-state index contributed by atoms with van der Waals surface area (Å²) >= 11 is 0. The van der Waals surface area contributed by atoms with Crippen LogP contribution in [0.5, 0.6) is 0 Å². The Balaban J connectivity index is 2.02. The van der Waals surface area contributed by atoms with Gasteiger partial charge in [0.25, 0.3) is 0 Å². The fourth-order valence-electron chi connectivity index (χ4n) is 2.14. The molecular weight excluding hydrogens is 212 g/mol. The molecule has 0 spiro atoms. The number of β-amino-alcohol motifs (C(OH)–C–C–N with tert-alkyl or cyclic N) is 1. The Morgan fingerprint density at radius 3 is 2.56 bits per heavy atom. The fraction of sp³-hybridized carbons (Fsp3) is 0.500. The fourth-order valence-corrected chi connectivity index (χ4v) is 2.14. The summed E-state index contributed by atoms with van der Waals surface area (Å²) in [5.41, 5.74) is 0.617. The standard InChI is InChI=1S/C12H15F2NO/c13-10-4-9(5-11(14)6-10)7-15-3-1-2-12(16)8-15/h4-6,12,16H,1-3,7-8H2/t12-/m1/s1. The van der Waals surface area contributed by atoms with Gasteiger partial charge in [-0.2, -0.15) is 0 Å². The second-order valence-electron chi connectivity index (χ2n) is 4.31. The van der Waals surface area contributed by atoms with Gasteiger partial charge in [-0.3, -0.25) is 4.90 Å². The van der Waals surface area contributed by atoms with Crippen LogP contribution in [0.3, 0.4) is 0 Å². The molecule has 2 rings (SSSR count). The van der Waals surface area contributed by atoms with Crippen LogP contribution in [0, 0.1) is 11.6 Å². The predicted octanol–water partition coefficient (Wildman–Crippen LogP) is 1.92. The van der Waals surface area contributed by atoms with Gasteiger partial charge in [0.1, 0.15) is 11.6 Å². The number of hydrogen-bond donors (Lipinski definition) is 1. The minimum atomic E-state index is -0.549. The third kappa shape index (κ3) is 3.00. The Morgan fingerprint density at radius 1 is 1.25 bits per heavy atom. The Morgan fingerprint density at radius 2 is 1.94 bits per heavy atom. The van der Waals surface area contributed by atoms with Crippen LogP contribution in [-0.2, 0) is 6.54 Å². The maximum atomic E-state index is 13.0. The lowest BCUT2D eigenvalue weighted by atomic mass is 10.1. The van der Waals surface area contributed by atoms with Crippen LogP contribution in [0.15, 0.2) is 18.2 Å². The lowest BCUT2D eigenvalue weighted by molar-refractivity contribution is 0.0667. The van der Waals surface area contributed by atoms with E-state index < -0.39 is 11.6 Å². The number of halogens is 2. The SMILES string of the molecule is O[C@@H]1CCCN(Cc2cc(F)cc(F)c2)C1. The Labute approximate surface area is 93.5 Å². The summed E-state index contributed by atoms with van der Waals surface area (Å²) < 4.78 is 25.9. The number of rotatable bonds is 2. The van der Waals surface area contributed by atoms with Gasteiger partial charge in [-0.25, -0.2) is 8.78 Å². The topological polar surface area (TPSA) is 23.5 Å². The minimum absolute atomic E-state index is 0.313. The highest BCUT2D eigenvalue weighted by Crippen LogP contribution is 2.15. The van der Waals surface area contributed by atoms with Gasteiger partial charge < -0.3 is 5.11 Å². The van der Waals surface area contributed by atoms with Crippen molar-refractivity contribution in [1.82, 2.24) is 4.90 Å². The summed E-state index contributed by atoms with van der Waals surface area (Å²) in [5, 5.41) is 9.48. The molecule has 0 aliphatic carbocycles. The van der Waals surface area contributed by atoms with Crippen molar-refractivity contribution in [2.45, 2.75) is 25.5 Å². The van der Waals surface area contributed by atoms with Crippen molar-refractivity contribution in [3.05, 3.63) is 35.4 Å². The molecule has 1 saturated heterocycles. The van der Waals surface area contributed by atoms with Gasteiger partial charge in [-0.15, -0.1) is 0 Å². The van der Waals surface area contributed by atoms with E-state index in [1.54, 1.807) is 0 Å². The van der Waals surface area contributed by atoms with Crippen molar-refractivity contribution in [3.63, 3.8) is 0 Å². The lowest BCUT2D eigenvalue weighted by Crippen LogP contribution is -2.37. The first-order valence-corrected chi connectivity index (χ1v) is 5.49. The molecule has 2 nitrogen and oxygen atoms in total. The van der Waals surface area contributed by atoms with Gasteiger partial charge in [0, 0.05) is 19.2 Å². The lowest BCUT2D eigenvalue weighted by Gasteiger charge is -2.29. The van der Waals surface area contributed by atoms with E-state index in [-0.39, 0.29) is 6.10 Å². The highest BCUT2D eigenvalue weighted by molar-refractivity contribution is 5.17. The van der Waals surface area contributed by atoms with Crippen molar-refractivity contribution in [3.8, 4) is 0 Å². The van der Waals surface area contributed by atoms with Gasteiger partial charge >= 0.3 is 0 Å². The number of aliphatic hydroxyl groups excluding tert-OH is 1. The molecule has 0 radical (unpaired) electrons. The number of hydrogen-bond acceptors (Lipinski definition) is 2. The molecule has 0 aromatic heterocycles. The average Bonchev–Trinajstić information content (AvgIpc) is 2.15. The third-order valence-corrected chi connectivity index (χ3v) is 2.81. The van der Waals surface area contributed by atoms with E-state index in [0.29, 0.717) is 18.7 Å². The van der Waals surface area contributed by atoms with E-state index in [1.807, 2.05) is 4.90 Å². The zero-order valence-electron chi connectivity index (χ0n) is 9.00. The van der Waals surface area contributed by atoms with Crippen LogP contribution in [-0.4, -0.2) is 29.2 Å². The van der Waals surface area contributed by atoms with Crippen LogP contribution < -0.4 is 0 Å². The quantitative estimate of drug-likeness (QED) is 0.834. The molecule has 0 saturated carbocycles. The first-order chi connectivity index (χ1) is 7.63. The predicted molar refractivity (Wildman–Crippen MR) is 56.9 cm³/mol. The van der Waals surface area contributed by atoms with E-state index in [1.165, 1.54) is 12.1 Å². The second kappa shape index (κ2) is 4.89. The maximum absolute atomic E-state index is 13.0. The van der Waals surface area contributed by atoms with Crippen molar-refractivity contribution >= 4 is 0 Å². The van der Waals surface area contributed by atoms with Crippen molar-refractivity contribution in [2.24, 2.45) is 0 Å². The molecule has 88 valence electrons. The van der Waals surface area contributed by atoms with Gasteiger partial charge in [-0.05, 0) is 37.1 Å². The highest BCUT2D eigenvalue weighted by Gasteiger charge is 2.17. The molecule has 16 heavy (non-hydrogen) atoms. The first-order valence-electron chi connectivity index (χ1n) is 5.49. The number of likely N-dealkylation sites (tertiary alicyclic amines) is 1. The normalized spacial score (nSPS) is 22.3. The molecule has 1 atom stereocenters. The zero-order chi connectivity index (χ0) is 11.5. The molecule has 1 aliphatic heterocycles. The van der Waals surface area contributed by atoms with Crippen molar-refractivity contribution in [2.75, 3.05) is 13.1 Å². The molecule has 4 heteroatoms. The van der Waals surface area contributed by atoms with Crippen LogP contribution in [0.25, 0.3) is 0 Å². The monoisotopic (exact) mass is 227 g/mol. The van der Waals surface area contributed by atoms with Gasteiger partial charge in [0.2, 0.25) is 0 Å². The summed E-state index contributed by atoms with van der Waals surface area (Å²) in [5.74, 6) is -1.10. The number of piperidine rings is 1. The molecular formula is C12H15F2NO.